The van der Waals surface area contributed by atoms with Gasteiger partial charge in [0, 0.05) is 11.1 Å². The first-order chi connectivity index (χ1) is 11.1. The number of rotatable bonds is 6. The molecule has 0 aliphatic carbocycles. The molecule has 0 aliphatic heterocycles. The van der Waals surface area contributed by atoms with E-state index in [9.17, 15) is 4.79 Å². The zero-order valence-corrected chi connectivity index (χ0v) is 13.7. The van der Waals surface area contributed by atoms with E-state index in [0.717, 1.165) is 11.1 Å². The van der Waals surface area contributed by atoms with Gasteiger partial charge in [0.05, 0.1) is 14.2 Å². The van der Waals surface area contributed by atoms with Gasteiger partial charge in [0.1, 0.15) is 6.61 Å². The summed E-state index contributed by atoms with van der Waals surface area (Å²) in [5.41, 5.74) is 1.69. The average Bonchev–Trinajstić information content (AvgIpc) is 2.59. The third-order valence-electron chi connectivity index (χ3n) is 3.11. The summed E-state index contributed by atoms with van der Waals surface area (Å²) < 4.78 is 15.5. The van der Waals surface area contributed by atoms with E-state index in [1.54, 1.807) is 44.6 Å². The van der Waals surface area contributed by atoms with E-state index < -0.39 is 5.97 Å². The van der Waals surface area contributed by atoms with E-state index in [1.807, 2.05) is 18.2 Å². The zero-order chi connectivity index (χ0) is 16.7. The minimum Gasteiger partial charge on any atom is -0.493 e. The quantitative estimate of drug-likeness (QED) is 0.590. The lowest BCUT2D eigenvalue weighted by atomic mass is 10.2. The molecule has 120 valence electrons. The van der Waals surface area contributed by atoms with Crippen molar-refractivity contribution in [2.24, 2.45) is 0 Å². The Morgan fingerprint density at radius 3 is 2.39 bits per heavy atom. The highest BCUT2D eigenvalue weighted by atomic mass is 35.5. The van der Waals surface area contributed by atoms with Gasteiger partial charge in [-0.2, -0.15) is 0 Å². The van der Waals surface area contributed by atoms with Gasteiger partial charge in [-0.3, -0.25) is 0 Å². The molecule has 0 spiro atoms. The van der Waals surface area contributed by atoms with Crippen molar-refractivity contribution in [1.82, 2.24) is 0 Å². The fraction of sp³-hybridized carbons (Fsp3) is 0.167. The van der Waals surface area contributed by atoms with Gasteiger partial charge in [-0.1, -0.05) is 29.8 Å². The van der Waals surface area contributed by atoms with Crippen LogP contribution in [0.5, 0.6) is 11.5 Å². The maximum atomic E-state index is 11.7. The van der Waals surface area contributed by atoms with Crippen molar-refractivity contribution in [3.63, 3.8) is 0 Å². The highest BCUT2D eigenvalue weighted by Crippen LogP contribution is 2.27. The lowest BCUT2D eigenvalue weighted by Crippen LogP contribution is -2.00. The van der Waals surface area contributed by atoms with Crippen molar-refractivity contribution in [2.75, 3.05) is 14.2 Å². The molecule has 4 nitrogen and oxygen atoms in total. The first-order valence-electron chi connectivity index (χ1n) is 6.93. The summed E-state index contributed by atoms with van der Waals surface area (Å²) in [5, 5.41) is 0.647. The first kappa shape index (κ1) is 16.9. The second kappa shape index (κ2) is 8.25. The topological polar surface area (TPSA) is 44.8 Å². The summed E-state index contributed by atoms with van der Waals surface area (Å²) in [4.78, 5) is 11.7. The highest BCUT2D eigenvalue weighted by molar-refractivity contribution is 6.30. The Labute approximate surface area is 140 Å². The first-order valence-corrected chi connectivity index (χ1v) is 7.31. The van der Waals surface area contributed by atoms with Gasteiger partial charge < -0.3 is 14.2 Å². The second-order valence-electron chi connectivity index (χ2n) is 4.68. The third-order valence-corrected chi connectivity index (χ3v) is 3.37. The second-order valence-corrected chi connectivity index (χ2v) is 5.12. The van der Waals surface area contributed by atoms with E-state index in [-0.39, 0.29) is 6.61 Å². The molecule has 0 N–H and O–H groups in total. The van der Waals surface area contributed by atoms with Gasteiger partial charge >= 0.3 is 5.97 Å². The van der Waals surface area contributed by atoms with Crippen molar-refractivity contribution >= 4 is 23.6 Å². The molecule has 2 aromatic rings. The predicted molar refractivity (Wildman–Crippen MR) is 89.8 cm³/mol. The fourth-order valence-electron chi connectivity index (χ4n) is 1.90. The Morgan fingerprint density at radius 1 is 1.04 bits per heavy atom. The number of ether oxygens (including phenoxy) is 3. The van der Waals surface area contributed by atoms with Crippen molar-refractivity contribution in [3.8, 4) is 11.5 Å². The fourth-order valence-corrected chi connectivity index (χ4v) is 2.03. The minimum atomic E-state index is -0.422. The maximum absolute atomic E-state index is 11.7. The summed E-state index contributed by atoms with van der Waals surface area (Å²) in [5.74, 6) is 0.814. The van der Waals surface area contributed by atoms with E-state index in [4.69, 9.17) is 25.8 Å². The molecule has 0 saturated carbocycles. The summed E-state index contributed by atoms with van der Waals surface area (Å²) in [6.07, 6.45) is 3.03. The van der Waals surface area contributed by atoms with Crippen LogP contribution in [0.2, 0.25) is 5.02 Å². The molecular formula is C18H17ClO4. The summed E-state index contributed by atoms with van der Waals surface area (Å²) >= 11 is 5.80. The molecule has 0 bridgehead atoms. The SMILES string of the molecule is COc1ccc(C=CC(=O)OCc2ccc(Cl)cc2)cc1OC. The van der Waals surface area contributed by atoms with Crippen molar-refractivity contribution in [3.05, 3.63) is 64.7 Å². The highest BCUT2D eigenvalue weighted by Gasteiger charge is 2.04. The molecule has 2 rings (SSSR count). The molecule has 0 aliphatic rings. The standard InChI is InChI=1S/C18H17ClO4/c1-21-16-9-5-13(11-17(16)22-2)6-10-18(20)23-12-14-3-7-15(19)8-4-14/h3-11H,12H2,1-2H3. The molecule has 0 heterocycles. The zero-order valence-electron chi connectivity index (χ0n) is 12.9. The number of hydrogen-bond acceptors (Lipinski definition) is 4. The monoisotopic (exact) mass is 332 g/mol. The molecule has 0 saturated heterocycles. The van der Waals surface area contributed by atoms with Gasteiger partial charge in [0.2, 0.25) is 0 Å². The lowest BCUT2D eigenvalue weighted by molar-refractivity contribution is -0.138. The number of benzene rings is 2. The molecule has 0 fully saturated rings. The Bertz CT molecular complexity index is 693. The predicted octanol–water partition coefficient (Wildman–Crippen LogP) is 4.11. The number of carbonyl (C=O) groups excluding carboxylic acids is 1. The van der Waals surface area contributed by atoms with Crippen LogP contribution in [0.1, 0.15) is 11.1 Å². The van der Waals surface area contributed by atoms with E-state index in [0.29, 0.717) is 16.5 Å². The van der Waals surface area contributed by atoms with Crippen molar-refractivity contribution < 1.29 is 19.0 Å². The smallest absolute Gasteiger partial charge is 0.331 e. The van der Waals surface area contributed by atoms with Crippen LogP contribution in [0, 0.1) is 0 Å². The number of hydrogen-bond donors (Lipinski definition) is 0. The molecule has 0 aromatic heterocycles. The summed E-state index contributed by atoms with van der Waals surface area (Å²) in [6.45, 7) is 0.201. The number of halogens is 1. The van der Waals surface area contributed by atoms with Gasteiger partial charge in [0.25, 0.3) is 0 Å². The Kier molecular flexibility index (Phi) is 6.06. The maximum Gasteiger partial charge on any atom is 0.331 e. The molecular weight excluding hydrogens is 316 g/mol. The Morgan fingerprint density at radius 2 is 1.74 bits per heavy atom. The van der Waals surface area contributed by atoms with E-state index in [2.05, 4.69) is 0 Å². The van der Waals surface area contributed by atoms with Crippen LogP contribution >= 0.6 is 11.6 Å². The molecule has 23 heavy (non-hydrogen) atoms. The van der Waals surface area contributed by atoms with Crippen LogP contribution in [0.3, 0.4) is 0 Å². The molecule has 5 heteroatoms. The van der Waals surface area contributed by atoms with Crippen molar-refractivity contribution in [2.45, 2.75) is 6.61 Å². The van der Waals surface area contributed by atoms with Gasteiger partial charge in [-0.05, 0) is 41.5 Å². The lowest BCUT2D eigenvalue weighted by Gasteiger charge is -2.07. The number of carbonyl (C=O) groups is 1. The molecule has 2 aromatic carbocycles. The van der Waals surface area contributed by atoms with Crippen LogP contribution < -0.4 is 9.47 Å². The van der Waals surface area contributed by atoms with Gasteiger partial charge in [-0.15, -0.1) is 0 Å². The van der Waals surface area contributed by atoms with Crippen molar-refractivity contribution in [1.29, 1.82) is 0 Å². The summed E-state index contributed by atoms with van der Waals surface area (Å²) in [6, 6.07) is 12.5. The van der Waals surface area contributed by atoms with Crippen LogP contribution in [0.4, 0.5) is 0 Å². The Balaban J connectivity index is 1.94. The van der Waals surface area contributed by atoms with Gasteiger partial charge in [0.15, 0.2) is 11.5 Å². The minimum absolute atomic E-state index is 0.201. The Hall–Kier alpha value is -2.46. The number of methoxy groups -OCH3 is 2. The molecule has 0 radical (unpaired) electrons. The average molecular weight is 333 g/mol. The van der Waals surface area contributed by atoms with Crippen LogP contribution in [0.15, 0.2) is 48.5 Å². The van der Waals surface area contributed by atoms with E-state index in [1.165, 1.54) is 6.08 Å². The largest absolute Gasteiger partial charge is 0.493 e. The normalized spacial score (nSPS) is 10.6. The van der Waals surface area contributed by atoms with Crippen LogP contribution in [-0.2, 0) is 16.1 Å². The van der Waals surface area contributed by atoms with E-state index >= 15 is 0 Å². The molecule has 0 atom stereocenters. The van der Waals surface area contributed by atoms with Gasteiger partial charge in [-0.25, -0.2) is 4.79 Å². The number of esters is 1. The molecule has 0 unspecified atom stereocenters. The van der Waals surface area contributed by atoms with Crippen LogP contribution in [-0.4, -0.2) is 20.2 Å². The summed E-state index contributed by atoms with van der Waals surface area (Å²) in [7, 11) is 3.13. The third kappa shape index (κ3) is 5.04. The molecule has 0 amide bonds. The van der Waals surface area contributed by atoms with Crippen LogP contribution in [0.25, 0.3) is 6.08 Å².